The zero-order valence-electron chi connectivity index (χ0n) is 24.5. The molecule has 44 heavy (non-hydrogen) atoms. The van der Waals surface area contributed by atoms with Crippen molar-refractivity contribution in [3.05, 3.63) is 157 Å². The molecule has 0 bridgehead atoms. The van der Waals surface area contributed by atoms with E-state index >= 15 is 0 Å². The highest BCUT2D eigenvalue weighted by atomic mass is 16.3. The number of rotatable bonds is 5. The molecule has 7 aromatic carbocycles. The normalized spacial score (nSPS) is 11.8. The van der Waals surface area contributed by atoms with E-state index in [4.69, 9.17) is 4.42 Å². The minimum atomic E-state index is 0.839. The fourth-order valence-electron chi connectivity index (χ4n) is 6.86. The van der Waals surface area contributed by atoms with E-state index in [1.807, 2.05) is 25.2 Å². The van der Waals surface area contributed by atoms with E-state index in [9.17, 15) is 0 Å². The Kier molecular flexibility index (Phi) is 6.24. The number of furan rings is 1. The second-order valence-electron chi connectivity index (χ2n) is 11.2. The summed E-state index contributed by atoms with van der Waals surface area (Å²) in [5, 5.41) is 8.62. The first-order chi connectivity index (χ1) is 21.8. The van der Waals surface area contributed by atoms with E-state index in [1.54, 1.807) is 0 Å². The summed E-state index contributed by atoms with van der Waals surface area (Å²) in [5.41, 5.74) is 9.11. The van der Waals surface area contributed by atoms with Crippen molar-refractivity contribution in [3.63, 3.8) is 0 Å². The molecule has 1 heteroatoms. The van der Waals surface area contributed by atoms with Gasteiger partial charge < -0.3 is 4.42 Å². The van der Waals surface area contributed by atoms with Gasteiger partial charge in [-0.15, -0.1) is 0 Å². The minimum Gasteiger partial charge on any atom is -0.455 e. The van der Waals surface area contributed by atoms with Gasteiger partial charge in [0.15, 0.2) is 0 Å². The van der Waals surface area contributed by atoms with Crippen molar-refractivity contribution < 1.29 is 4.42 Å². The third-order valence-electron chi connectivity index (χ3n) is 8.78. The summed E-state index contributed by atoms with van der Waals surface area (Å²) in [7, 11) is 0. The topological polar surface area (TPSA) is 13.1 Å². The molecule has 0 unspecified atom stereocenters. The molecule has 8 aromatic rings. The minimum absolute atomic E-state index is 0.839. The SMILES string of the molecule is C=Cc1c(/C=C\C)oc2c(-c3ccc(-c4c5ccccc5c(-c5cccc6ccccc56)c5ccccc45)cc3)cccc12. The molecule has 1 aromatic heterocycles. The molecule has 0 spiro atoms. The molecule has 0 fully saturated rings. The lowest BCUT2D eigenvalue weighted by molar-refractivity contribution is 0.604. The van der Waals surface area contributed by atoms with Gasteiger partial charge in [0, 0.05) is 16.5 Å². The fraction of sp³-hybridized carbons (Fsp3) is 0.0233. The van der Waals surface area contributed by atoms with Crippen LogP contribution in [0, 0.1) is 0 Å². The number of allylic oxidation sites excluding steroid dienone is 1. The zero-order valence-corrected chi connectivity index (χ0v) is 24.5. The van der Waals surface area contributed by atoms with Crippen LogP contribution in [0.1, 0.15) is 18.2 Å². The summed E-state index contributed by atoms with van der Waals surface area (Å²) in [6.07, 6.45) is 5.88. The predicted molar refractivity (Wildman–Crippen MR) is 190 cm³/mol. The maximum absolute atomic E-state index is 6.37. The highest BCUT2D eigenvalue weighted by Gasteiger charge is 2.18. The van der Waals surface area contributed by atoms with Gasteiger partial charge in [-0.1, -0.05) is 152 Å². The first-order valence-corrected chi connectivity index (χ1v) is 15.1. The standard InChI is InChI=1S/C43H30O/c1-3-13-40-31(4-2)39-23-12-21-33(43(39)44-40)29-24-26-30(27-25-29)41-35-17-7-9-19-37(35)42(38-20-10-8-18-36(38)41)34-22-11-15-28-14-5-6-16-32(28)34/h3-27H,2H2,1H3/b13-3-. The Hall–Kier alpha value is -5.66. The highest BCUT2D eigenvalue weighted by molar-refractivity contribution is 6.23. The van der Waals surface area contributed by atoms with Crippen molar-refractivity contribution >= 4 is 55.4 Å². The van der Waals surface area contributed by atoms with E-state index in [-0.39, 0.29) is 0 Å². The first-order valence-electron chi connectivity index (χ1n) is 15.1. The Morgan fingerprint density at radius 2 is 1.02 bits per heavy atom. The van der Waals surface area contributed by atoms with Gasteiger partial charge in [-0.3, -0.25) is 0 Å². The highest BCUT2D eigenvalue weighted by Crippen LogP contribution is 2.45. The second kappa shape index (κ2) is 10.6. The van der Waals surface area contributed by atoms with E-state index < -0.39 is 0 Å². The first kappa shape index (κ1) is 26.0. The van der Waals surface area contributed by atoms with Crippen LogP contribution in [0.4, 0.5) is 0 Å². The molecule has 0 saturated carbocycles. The van der Waals surface area contributed by atoms with Crippen LogP contribution in [-0.2, 0) is 0 Å². The monoisotopic (exact) mass is 562 g/mol. The summed E-state index contributed by atoms with van der Waals surface area (Å²) >= 11 is 0. The molecule has 8 rings (SSSR count). The average molecular weight is 563 g/mol. The quantitative estimate of drug-likeness (QED) is 0.190. The van der Waals surface area contributed by atoms with Crippen LogP contribution in [0.2, 0.25) is 0 Å². The van der Waals surface area contributed by atoms with Crippen LogP contribution >= 0.6 is 0 Å². The summed E-state index contributed by atoms with van der Waals surface area (Å²) in [5.74, 6) is 0.839. The molecule has 0 N–H and O–H groups in total. The molecule has 0 aliphatic rings. The van der Waals surface area contributed by atoms with Crippen LogP contribution in [0.5, 0.6) is 0 Å². The molecule has 0 atom stereocenters. The number of benzene rings is 7. The second-order valence-corrected chi connectivity index (χ2v) is 11.2. The van der Waals surface area contributed by atoms with Crippen molar-refractivity contribution in [2.45, 2.75) is 6.92 Å². The Morgan fingerprint density at radius 3 is 1.68 bits per heavy atom. The van der Waals surface area contributed by atoms with Crippen molar-refractivity contribution in [1.82, 2.24) is 0 Å². The lowest BCUT2D eigenvalue weighted by Gasteiger charge is -2.19. The Balaban J connectivity index is 1.35. The average Bonchev–Trinajstić information content (AvgIpc) is 3.44. The Bertz CT molecular complexity index is 2340. The third-order valence-corrected chi connectivity index (χ3v) is 8.78. The van der Waals surface area contributed by atoms with Gasteiger partial charge in [-0.05, 0) is 73.1 Å². The van der Waals surface area contributed by atoms with E-state index in [0.717, 1.165) is 33.4 Å². The van der Waals surface area contributed by atoms with Gasteiger partial charge in [0.05, 0.1) is 0 Å². The molecular formula is C43H30O. The van der Waals surface area contributed by atoms with Crippen molar-refractivity contribution in [3.8, 4) is 33.4 Å². The molecule has 0 amide bonds. The molecular weight excluding hydrogens is 532 g/mol. The van der Waals surface area contributed by atoms with Crippen LogP contribution in [0.25, 0.3) is 88.8 Å². The summed E-state index contributed by atoms with van der Waals surface area (Å²) in [6, 6.07) is 48.3. The number of para-hydroxylation sites is 1. The van der Waals surface area contributed by atoms with Gasteiger partial charge in [-0.2, -0.15) is 0 Å². The lowest BCUT2D eigenvalue weighted by atomic mass is 9.84. The van der Waals surface area contributed by atoms with Crippen LogP contribution < -0.4 is 0 Å². The van der Waals surface area contributed by atoms with Crippen molar-refractivity contribution in [2.24, 2.45) is 0 Å². The molecule has 0 radical (unpaired) electrons. The van der Waals surface area contributed by atoms with E-state index in [1.165, 1.54) is 54.6 Å². The van der Waals surface area contributed by atoms with Gasteiger partial charge in [-0.25, -0.2) is 0 Å². The molecule has 0 aliphatic carbocycles. The van der Waals surface area contributed by atoms with Gasteiger partial charge >= 0.3 is 0 Å². The maximum Gasteiger partial charge on any atom is 0.143 e. The van der Waals surface area contributed by atoms with Gasteiger partial charge in [0.25, 0.3) is 0 Å². The molecule has 0 aliphatic heterocycles. The Labute approximate surface area is 257 Å². The van der Waals surface area contributed by atoms with Crippen LogP contribution in [0.15, 0.2) is 151 Å². The van der Waals surface area contributed by atoms with Crippen molar-refractivity contribution in [1.29, 1.82) is 0 Å². The molecule has 1 heterocycles. The summed E-state index contributed by atoms with van der Waals surface area (Å²) in [6.45, 7) is 6.04. The van der Waals surface area contributed by atoms with Crippen LogP contribution in [-0.4, -0.2) is 0 Å². The third kappa shape index (κ3) is 4.01. The molecule has 0 saturated heterocycles. The number of fused-ring (bicyclic) bond motifs is 4. The maximum atomic E-state index is 6.37. The van der Waals surface area contributed by atoms with E-state index in [2.05, 4.69) is 140 Å². The molecule has 1 nitrogen and oxygen atoms in total. The molecule has 208 valence electrons. The summed E-state index contributed by atoms with van der Waals surface area (Å²) in [4.78, 5) is 0. The van der Waals surface area contributed by atoms with Crippen molar-refractivity contribution in [2.75, 3.05) is 0 Å². The largest absolute Gasteiger partial charge is 0.455 e. The van der Waals surface area contributed by atoms with Gasteiger partial charge in [0.1, 0.15) is 11.3 Å². The number of hydrogen-bond donors (Lipinski definition) is 0. The lowest BCUT2D eigenvalue weighted by Crippen LogP contribution is -1.91. The van der Waals surface area contributed by atoms with E-state index in [0.29, 0.717) is 0 Å². The number of hydrogen-bond acceptors (Lipinski definition) is 1. The Morgan fingerprint density at radius 1 is 0.500 bits per heavy atom. The zero-order chi connectivity index (χ0) is 29.6. The van der Waals surface area contributed by atoms with Crippen LogP contribution in [0.3, 0.4) is 0 Å². The predicted octanol–water partition coefficient (Wildman–Crippen LogP) is 12.6. The van der Waals surface area contributed by atoms with Gasteiger partial charge in [0.2, 0.25) is 0 Å². The summed E-state index contributed by atoms with van der Waals surface area (Å²) < 4.78 is 6.37. The fourth-order valence-corrected chi connectivity index (χ4v) is 6.86. The smallest absolute Gasteiger partial charge is 0.143 e.